The van der Waals surface area contributed by atoms with Crippen molar-refractivity contribution < 1.29 is 9.59 Å². The lowest BCUT2D eigenvalue weighted by molar-refractivity contribution is -0.135. The van der Waals surface area contributed by atoms with Crippen LogP contribution in [-0.4, -0.2) is 29.8 Å². The fraction of sp³-hybridized carbons (Fsp3) is 0.385. The number of carbonyl (C=O) groups is 2. The highest BCUT2D eigenvalue weighted by Gasteiger charge is 2.15. The van der Waals surface area contributed by atoms with Crippen molar-refractivity contribution in [2.24, 2.45) is 11.5 Å². The van der Waals surface area contributed by atoms with Gasteiger partial charge in [0.2, 0.25) is 11.8 Å². The maximum atomic E-state index is 11.9. The minimum absolute atomic E-state index is 0. The van der Waals surface area contributed by atoms with Gasteiger partial charge in [0.1, 0.15) is 0 Å². The second-order valence-corrected chi connectivity index (χ2v) is 4.09. The maximum Gasteiger partial charge on any atom is 0.237 e. The van der Waals surface area contributed by atoms with Gasteiger partial charge < -0.3 is 16.4 Å². The van der Waals surface area contributed by atoms with Gasteiger partial charge in [0, 0.05) is 13.0 Å². The number of nitrogens with two attached hydrogens (primary N) is 2. The third kappa shape index (κ3) is 6.79. The Morgan fingerprint density at radius 3 is 2.32 bits per heavy atom. The molecule has 4 N–H and O–H groups in total. The summed E-state index contributed by atoms with van der Waals surface area (Å²) < 4.78 is 0. The largest absolute Gasteiger partial charge is 0.368 e. The van der Waals surface area contributed by atoms with Gasteiger partial charge in [0.05, 0.1) is 6.54 Å². The van der Waals surface area contributed by atoms with Crippen LogP contribution < -0.4 is 11.5 Å². The van der Waals surface area contributed by atoms with Crippen molar-refractivity contribution in [3.63, 3.8) is 0 Å². The van der Waals surface area contributed by atoms with Crippen LogP contribution >= 0.6 is 12.4 Å². The Morgan fingerprint density at radius 1 is 1.16 bits per heavy atom. The SMILES string of the molecule is Cl.NCCCC(=O)N(CC(N)=O)Cc1ccccc1. The molecule has 0 spiro atoms. The molecule has 0 bridgehead atoms. The summed E-state index contributed by atoms with van der Waals surface area (Å²) in [5.74, 6) is -0.602. The first kappa shape index (κ1) is 17.4. The quantitative estimate of drug-likeness (QED) is 0.771. The molecule has 5 nitrogen and oxygen atoms in total. The first-order chi connectivity index (χ1) is 8.63. The van der Waals surface area contributed by atoms with E-state index in [-0.39, 0.29) is 24.9 Å². The molecule has 1 aromatic rings. The van der Waals surface area contributed by atoms with Crippen LogP contribution in [0.3, 0.4) is 0 Å². The van der Waals surface area contributed by atoms with Crippen molar-refractivity contribution in [1.82, 2.24) is 4.90 Å². The van der Waals surface area contributed by atoms with Crippen molar-refractivity contribution in [2.75, 3.05) is 13.1 Å². The van der Waals surface area contributed by atoms with Crippen molar-refractivity contribution in [3.05, 3.63) is 35.9 Å². The standard InChI is InChI=1S/C13H19N3O2.ClH/c14-8-4-7-13(18)16(10-12(15)17)9-11-5-2-1-3-6-11;/h1-3,5-6H,4,7-10,14H2,(H2,15,17);1H. The summed E-state index contributed by atoms with van der Waals surface area (Å²) in [5.41, 5.74) is 11.5. The molecule has 2 amide bonds. The summed E-state index contributed by atoms with van der Waals surface area (Å²) in [5, 5.41) is 0. The number of carbonyl (C=O) groups excluding carboxylic acids is 2. The first-order valence-corrected chi connectivity index (χ1v) is 5.93. The van der Waals surface area contributed by atoms with Gasteiger partial charge in [-0.1, -0.05) is 30.3 Å². The number of hydrogen-bond donors (Lipinski definition) is 2. The smallest absolute Gasteiger partial charge is 0.237 e. The number of amides is 2. The Hall–Kier alpha value is -1.59. The van der Waals surface area contributed by atoms with Gasteiger partial charge in [-0.05, 0) is 18.5 Å². The van der Waals surface area contributed by atoms with E-state index in [9.17, 15) is 9.59 Å². The summed E-state index contributed by atoms with van der Waals surface area (Å²) in [7, 11) is 0. The molecular weight excluding hydrogens is 266 g/mol. The molecule has 0 aromatic heterocycles. The number of primary amides is 1. The van der Waals surface area contributed by atoms with Crippen LogP contribution in [0, 0.1) is 0 Å². The van der Waals surface area contributed by atoms with E-state index in [2.05, 4.69) is 0 Å². The Morgan fingerprint density at radius 2 is 1.79 bits per heavy atom. The molecule has 0 saturated carbocycles. The number of hydrogen-bond acceptors (Lipinski definition) is 3. The highest BCUT2D eigenvalue weighted by Crippen LogP contribution is 2.06. The molecule has 0 fully saturated rings. The zero-order chi connectivity index (χ0) is 13.4. The third-order valence-electron chi connectivity index (χ3n) is 2.51. The molecule has 1 aromatic carbocycles. The third-order valence-corrected chi connectivity index (χ3v) is 2.51. The van der Waals surface area contributed by atoms with Crippen LogP contribution in [0.4, 0.5) is 0 Å². The summed E-state index contributed by atoms with van der Waals surface area (Å²) in [6, 6.07) is 9.50. The molecule has 0 saturated heterocycles. The average Bonchev–Trinajstić information content (AvgIpc) is 2.36. The monoisotopic (exact) mass is 285 g/mol. The molecular formula is C13H20ClN3O2. The molecule has 106 valence electrons. The van der Waals surface area contributed by atoms with E-state index in [4.69, 9.17) is 11.5 Å². The number of rotatable bonds is 7. The van der Waals surface area contributed by atoms with E-state index < -0.39 is 5.91 Å². The van der Waals surface area contributed by atoms with Crippen molar-refractivity contribution in [2.45, 2.75) is 19.4 Å². The Kier molecular flexibility index (Phi) is 8.57. The van der Waals surface area contributed by atoms with Gasteiger partial charge in [-0.25, -0.2) is 0 Å². The average molecular weight is 286 g/mol. The lowest BCUT2D eigenvalue weighted by atomic mass is 10.2. The molecule has 0 unspecified atom stereocenters. The van der Waals surface area contributed by atoms with Gasteiger partial charge in [-0.2, -0.15) is 0 Å². The highest BCUT2D eigenvalue weighted by atomic mass is 35.5. The van der Waals surface area contributed by atoms with Crippen LogP contribution in [0.25, 0.3) is 0 Å². The van der Waals surface area contributed by atoms with Crippen molar-refractivity contribution in [1.29, 1.82) is 0 Å². The van der Waals surface area contributed by atoms with Gasteiger partial charge in [0.25, 0.3) is 0 Å². The molecule has 1 rings (SSSR count). The maximum absolute atomic E-state index is 11.9. The topological polar surface area (TPSA) is 89.4 Å². The van der Waals surface area contributed by atoms with Gasteiger partial charge >= 0.3 is 0 Å². The summed E-state index contributed by atoms with van der Waals surface area (Å²) in [4.78, 5) is 24.4. The van der Waals surface area contributed by atoms with Gasteiger partial charge in [0.15, 0.2) is 0 Å². The van der Waals surface area contributed by atoms with Gasteiger partial charge in [-0.3, -0.25) is 9.59 Å². The Bertz CT molecular complexity index is 398. The predicted octanol–water partition coefficient (Wildman–Crippen LogP) is 0.661. The van der Waals surface area contributed by atoms with E-state index in [0.717, 1.165) is 5.56 Å². The lowest BCUT2D eigenvalue weighted by Crippen LogP contribution is -2.38. The van der Waals surface area contributed by atoms with Crippen LogP contribution in [0.5, 0.6) is 0 Å². The number of halogens is 1. The van der Waals surface area contributed by atoms with E-state index in [1.54, 1.807) is 0 Å². The van der Waals surface area contributed by atoms with E-state index in [0.29, 0.717) is 25.9 Å². The van der Waals surface area contributed by atoms with Crippen molar-refractivity contribution in [3.8, 4) is 0 Å². The van der Waals surface area contributed by atoms with Crippen LogP contribution in [0.1, 0.15) is 18.4 Å². The van der Waals surface area contributed by atoms with Gasteiger partial charge in [-0.15, -0.1) is 12.4 Å². The predicted molar refractivity (Wildman–Crippen MR) is 76.6 cm³/mol. The zero-order valence-electron chi connectivity index (χ0n) is 10.7. The van der Waals surface area contributed by atoms with E-state index >= 15 is 0 Å². The zero-order valence-corrected chi connectivity index (χ0v) is 11.6. The molecule has 0 atom stereocenters. The fourth-order valence-corrected chi connectivity index (χ4v) is 1.64. The Labute approximate surface area is 119 Å². The fourth-order valence-electron chi connectivity index (χ4n) is 1.64. The minimum Gasteiger partial charge on any atom is -0.368 e. The number of nitrogens with zero attached hydrogens (tertiary/aromatic N) is 1. The molecule has 0 heterocycles. The van der Waals surface area contributed by atoms with E-state index in [1.165, 1.54) is 4.90 Å². The highest BCUT2D eigenvalue weighted by molar-refractivity contribution is 5.85. The molecule has 6 heteroatoms. The number of benzene rings is 1. The molecule has 0 radical (unpaired) electrons. The van der Waals surface area contributed by atoms with Crippen LogP contribution in [0.15, 0.2) is 30.3 Å². The molecule has 0 aliphatic carbocycles. The van der Waals surface area contributed by atoms with Crippen molar-refractivity contribution >= 4 is 24.2 Å². The molecule has 0 aliphatic heterocycles. The Balaban J connectivity index is 0.00000324. The minimum atomic E-state index is -0.507. The molecule has 19 heavy (non-hydrogen) atoms. The van der Waals surface area contributed by atoms with E-state index in [1.807, 2.05) is 30.3 Å². The summed E-state index contributed by atoms with van der Waals surface area (Å²) in [6.45, 7) is 0.799. The first-order valence-electron chi connectivity index (χ1n) is 5.93. The second kappa shape index (κ2) is 9.35. The summed E-state index contributed by atoms with van der Waals surface area (Å²) in [6.07, 6.45) is 0.958. The molecule has 0 aliphatic rings. The second-order valence-electron chi connectivity index (χ2n) is 4.09. The normalized spacial score (nSPS) is 9.53. The van der Waals surface area contributed by atoms with Crippen LogP contribution in [0.2, 0.25) is 0 Å². The summed E-state index contributed by atoms with van der Waals surface area (Å²) >= 11 is 0. The lowest BCUT2D eigenvalue weighted by Gasteiger charge is -2.21. The van der Waals surface area contributed by atoms with Crippen LogP contribution in [-0.2, 0) is 16.1 Å².